The predicted octanol–water partition coefficient (Wildman–Crippen LogP) is 6.00. The minimum Gasteiger partial charge on any atom is -0.497 e. The highest BCUT2D eigenvalue weighted by Crippen LogP contribution is 2.37. The van der Waals surface area contributed by atoms with Crippen LogP contribution in [0.3, 0.4) is 0 Å². The van der Waals surface area contributed by atoms with Crippen molar-refractivity contribution in [1.29, 1.82) is 0 Å². The number of hydrogen-bond acceptors (Lipinski definition) is 4. The number of methoxy groups -OCH3 is 1. The number of aryl methyl sites for hydroxylation is 2. The number of carbonyl (C=O) groups is 1. The Morgan fingerprint density at radius 2 is 1.74 bits per heavy atom. The van der Waals surface area contributed by atoms with Gasteiger partial charge in [0.05, 0.1) is 19.2 Å². The molecule has 1 aromatic heterocycles. The number of amides is 1. The van der Waals surface area contributed by atoms with Crippen molar-refractivity contribution >= 4 is 5.91 Å². The SMILES string of the molecule is COc1cccc(C(=O)N(Cc2c(-c3ccccc3)nn(C)c2Oc2cccc(C)c2)C2CC2)c1. The Hall–Kier alpha value is -4.06. The Balaban J connectivity index is 1.56. The maximum absolute atomic E-state index is 13.7. The molecule has 1 aliphatic rings. The van der Waals surface area contributed by atoms with Gasteiger partial charge >= 0.3 is 0 Å². The Morgan fingerprint density at radius 3 is 2.46 bits per heavy atom. The molecule has 35 heavy (non-hydrogen) atoms. The molecule has 1 heterocycles. The lowest BCUT2D eigenvalue weighted by molar-refractivity contribution is 0.0729. The number of nitrogens with zero attached hydrogens (tertiary/aromatic N) is 3. The molecule has 0 aliphatic heterocycles. The lowest BCUT2D eigenvalue weighted by atomic mass is 10.1. The van der Waals surface area contributed by atoms with Crippen LogP contribution in [0, 0.1) is 6.92 Å². The monoisotopic (exact) mass is 467 g/mol. The second-order valence-electron chi connectivity index (χ2n) is 8.94. The number of aromatic nitrogens is 2. The van der Waals surface area contributed by atoms with Crippen LogP contribution in [0.1, 0.15) is 34.3 Å². The Labute approximate surface area is 205 Å². The molecule has 6 heteroatoms. The van der Waals surface area contributed by atoms with Crippen molar-refractivity contribution in [3.8, 4) is 28.6 Å². The van der Waals surface area contributed by atoms with E-state index in [0.717, 1.165) is 41.0 Å². The van der Waals surface area contributed by atoms with Crippen LogP contribution < -0.4 is 9.47 Å². The van der Waals surface area contributed by atoms with E-state index in [1.807, 2.05) is 91.7 Å². The van der Waals surface area contributed by atoms with Crippen molar-refractivity contribution in [2.75, 3.05) is 7.11 Å². The topological polar surface area (TPSA) is 56.6 Å². The van der Waals surface area contributed by atoms with E-state index in [9.17, 15) is 4.79 Å². The van der Waals surface area contributed by atoms with Crippen LogP contribution in [-0.2, 0) is 13.6 Å². The molecule has 4 aromatic rings. The molecule has 1 amide bonds. The molecule has 0 saturated heterocycles. The summed E-state index contributed by atoms with van der Waals surface area (Å²) < 4.78 is 13.5. The molecule has 0 unspecified atom stereocenters. The first-order valence-electron chi connectivity index (χ1n) is 11.8. The van der Waals surface area contributed by atoms with Crippen molar-refractivity contribution in [3.63, 3.8) is 0 Å². The van der Waals surface area contributed by atoms with Gasteiger partial charge in [-0.1, -0.05) is 48.5 Å². The second-order valence-corrected chi connectivity index (χ2v) is 8.94. The summed E-state index contributed by atoms with van der Waals surface area (Å²) in [6.45, 7) is 2.44. The van der Waals surface area contributed by atoms with Gasteiger partial charge in [-0.25, -0.2) is 4.68 Å². The van der Waals surface area contributed by atoms with Crippen LogP contribution in [0.5, 0.6) is 17.4 Å². The summed E-state index contributed by atoms with van der Waals surface area (Å²) in [5.41, 5.74) is 4.43. The molecule has 178 valence electrons. The third-order valence-corrected chi connectivity index (χ3v) is 6.23. The van der Waals surface area contributed by atoms with Gasteiger partial charge in [0, 0.05) is 24.2 Å². The summed E-state index contributed by atoms with van der Waals surface area (Å²) in [5, 5.41) is 4.83. The van der Waals surface area contributed by atoms with Gasteiger partial charge in [-0.05, 0) is 55.7 Å². The third-order valence-electron chi connectivity index (χ3n) is 6.23. The Morgan fingerprint density at radius 1 is 1.00 bits per heavy atom. The van der Waals surface area contributed by atoms with Gasteiger partial charge in [0.1, 0.15) is 17.2 Å². The van der Waals surface area contributed by atoms with Gasteiger partial charge in [0.25, 0.3) is 5.91 Å². The molecule has 0 bridgehead atoms. The molecule has 6 nitrogen and oxygen atoms in total. The molecule has 1 saturated carbocycles. The number of rotatable bonds is 8. The zero-order valence-corrected chi connectivity index (χ0v) is 20.3. The second kappa shape index (κ2) is 9.66. The highest BCUT2D eigenvalue weighted by Gasteiger charge is 2.35. The molecule has 0 atom stereocenters. The van der Waals surface area contributed by atoms with Crippen molar-refractivity contribution in [1.82, 2.24) is 14.7 Å². The average molecular weight is 468 g/mol. The normalized spacial score (nSPS) is 12.9. The summed E-state index contributed by atoms with van der Waals surface area (Å²) in [6.07, 6.45) is 1.98. The van der Waals surface area contributed by atoms with Gasteiger partial charge < -0.3 is 14.4 Å². The van der Waals surface area contributed by atoms with Crippen molar-refractivity contribution in [2.24, 2.45) is 7.05 Å². The molecular formula is C29H29N3O3. The van der Waals surface area contributed by atoms with E-state index in [1.54, 1.807) is 17.9 Å². The lowest BCUT2D eigenvalue weighted by Gasteiger charge is -2.23. The third kappa shape index (κ3) is 4.92. The van der Waals surface area contributed by atoms with Gasteiger partial charge in [-0.15, -0.1) is 0 Å². The molecule has 0 radical (unpaired) electrons. The summed E-state index contributed by atoms with van der Waals surface area (Å²) in [6, 6.07) is 25.5. The van der Waals surface area contributed by atoms with Crippen LogP contribution in [-0.4, -0.2) is 33.7 Å². The van der Waals surface area contributed by atoms with Crippen molar-refractivity contribution < 1.29 is 14.3 Å². The maximum Gasteiger partial charge on any atom is 0.254 e. The van der Waals surface area contributed by atoms with Gasteiger partial charge in [-0.3, -0.25) is 4.79 Å². The van der Waals surface area contributed by atoms with E-state index in [-0.39, 0.29) is 11.9 Å². The first-order valence-corrected chi connectivity index (χ1v) is 11.8. The van der Waals surface area contributed by atoms with Crippen molar-refractivity contribution in [2.45, 2.75) is 32.4 Å². The zero-order valence-electron chi connectivity index (χ0n) is 20.3. The standard InChI is InChI=1S/C29H29N3O3/c1-20-9-7-14-25(17-20)35-29-26(27(30-31(29)2)21-10-5-4-6-11-21)19-32(23-15-16-23)28(33)22-12-8-13-24(18-22)34-3/h4-14,17-18,23H,15-16,19H2,1-3H3. The quantitative estimate of drug-likeness (QED) is 0.319. The van der Waals surface area contributed by atoms with Crippen LogP contribution in [0.4, 0.5) is 0 Å². The Kier molecular flexibility index (Phi) is 6.27. The van der Waals surface area contributed by atoms with Crippen LogP contribution in [0.2, 0.25) is 0 Å². The molecule has 1 aliphatic carbocycles. The predicted molar refractivity (Wildman–Crippen MR) is 136 cm³/mol. The molecular weight excluding hydrogens is 438 g/mol. The largest absolute Gasteiger partial charge is 0.497 e. The van der Waals surface area contributed by atoms with Gasteiger partial charge in [-0.2, -0.15) is 5.10 Å². The van der Waals surface area contributed by atoms with E-state index in [4.69, 9.17) is 14.6 Å². The summed E-state index contributed by atoms with van der Waals surface area (Å²) in [5.74, 6) is 2.03. The smallest absolute Gasteiger partial charge is 0.254 e. The number of carbonyl (C=O) groups excluding carboxylic acids is 1. The first-order chi connectivity index (χ1) is 17.0. The fourth-order valence-corrected chi connectivity index (χ4v) is 4.29. The summed E-state index contributed by atoms with van der Waals surface area (Å²) in [4.78, 5) is 15.6. The number of ether oxygens (including phenoxy) is 2. The van der Waals surface area contributed by atoms with Crippen LogP contribution in [0.25, 0.3) is 11.3 Å². The average Bonchev–Trinajstić information content (AvgIpc) is 3.68. The zero-order chi connectivity index (χ0) is 24.4. The van der Waals surface area contributed by atoms with Crippen molar-refractivity contribution in [3.05, 3.63) is 95.6 Å². The molecule has 3 aromatic carbocycles. The van der Waals surface area contributed by atoms with Gasteiger partial charge in [0.2, 0.25) is 5.88 Å². The number of benzene rings is 3. The molecule has 0 spiro atoms. The van der Waals surface area contributed by atoms with E-state index in [2.05, 4.69) is 0 Å². The molecule has 5 rings (SSSR count). The fraction of sp³-hybridized carbons (Fsp3) is 0.241. The number of hydrogen-bond donors (Lipinski definition) is 0. The summed E-state index contributed by atoms with van der Waals surface area (Å²) in [7, 11) is 3.49. The van der Waals surface area contributed by atoms with Crippen LogP contribution in [0.15, 0.2) is 78.9 Å². The highest BCUT2D eigenvalue weighted by atomic mass is 16.5. The van der Waals surface area contributed by atoms with Crippen LogP contribution >= 0.6 is 0 Å². The molecule has 0 N–H and O–H groups in total. The van der Waals surface area contributed by atoms with E-state index in [1.165, 1.54) is 0 Å². The van der Waals surface area contributed by atoms with E-state index >= 15 is 0 Å². The Bertz CT molecular complexity index is 1340. The van der Waals surface area contributed by atoms with E-state index in [0.29, 0.717) is 23.7 Å². The summed E-state index contributed by atoms with van der Waals surface area (Å²) >= 11 is 0. The highest BCUT2D eigenvalue weighted by molar-refractivity contribution is 5.95. The van der Waals surface area contributed by atoms with Gasteiger partial charge in [0.15, 0.2) is 0 Å². The maximum atomic E-state index is 13.7. The van der Waals surface area contributed by atoms with E-state index < -0.39 is 0 Å². The minimum atomic E-state index is -0.0178. The first kappa shape index (κ1) is 22.7. The minimum absolute atomic E-state index is 0.0178. The molecule has 1 fully saturated rings. The fourth-order valence-electron chi connectivity index (χ4n) is 4.29. The lowest BCUT2D eigenvalue weighted by Crippen LogP contribution is -2.32.